The average molecular weight is 299 g/mol. The van der Waals surface area contributed by atoms with Crippen LogP contribution in [0.1, 0.15) is 44.7 Å². The van der Waals surface area contributed by atoms with E-state index < -0.39 is 0 Å². The predicted molar refractivity (Wildman–Crippen MR) is 82.4 cm³/mol. The second-order valence-corrected chi connectivity index (χ2v) is 6.53. The van der Waals surface area contributed by atoms with Gasteiger partial charge in [-0.05, 0) is 49.0 Å². The largest absolute Gasteiger partial charge is 0.329 e. The van der Waals surface area contributed by atoms with Gasteiger partial charge < -0.3 is 5.73 Å². The van der Waals surface area contributed by atoms with E-state index in [4.69, 9.17) is 17.3 Å². The molecule has 2 N–H and O–H groups in total. The lowest BCUT2D eigenvalue weighted by Crippen LogP contribution is -2.42. The molecule has 112 valence electrons. The van der Waals surface area contributed by atoms with E-state index in [9.17, 15) is 4.39 Å². The van der Waals surface area contributed by atoms with E-state index in [-0.39, 0.29) is 16.9 Å². The van der Waals surface area contributed by atoms with Crippen molar-refractivity contribution in [2.24, 2.45) is 11.1 Å². The molecule has 1 fully saturated rings. The molecule has 0 amide bonds. The quantitative estimate of drug-likeness (QED) is 0.910. The summed E-state index contributed by atoms with van der Waals surface area (Å²) in [5.74, 6) is -0.363. The Balaban J connectivity index is 2.11. The normalized spacial score (nSPS) is 20.9. The lowest BCUT2D eigenvalue weighted by atomic mass is 9.78. The molecule has 1 unspecified atom stereocenters. The molecule has 2 rings (SSSR count). The zero-order valence-electron chi connectivity index (χ0n) is 12.3. The summed E-state index contributed by atoms with van der Waals surface area (Å²) < 4.78 is 13.6. The van der Waals surface area contributed by atoms with Crippen LogP contribution in [0.5, 0.6) is 0 Å². The summed E-state index contributed by atoms with van der Waals surface area (Å²) in [4.78, 5) is 2.38. The van der Waals surface area contributed by atoms with Crippen LogP contribution in [0.4, 0.5) is 4.39 Å². The molecule has 1 atom stereocenters. The molecule has 1 aromatic rings. The van der Waals surface area contributed by atoms with Gasteiger partial charge in [-0.3, -0.25) is 4.90 Å². The second kappa shape index (κ2) is 6.42. The van der Waals surface area contributed by atoms with E-state index in [1.807, 2.05) is 6.07 Å². The van der Waals surface area contributed by atoms with Crippen LogP contribution in [-0.4, -0.2) is 24.5 Å². The maximum Gasteiger partial charge on any atom is 0.142 e. The van der Waals surface area contributed by atoms with Crippen molar-refractivity contribution in [3.63, 3.8) is 0 Å². The molecule has 20 heavy (non-hydrogen) atoms. The van der Waals surface area contributed by atoms with Gasteiger partial charge in [0.1, 0.15) is 5.82 Å². The highest BCUT2D eigenvalue weighted by Gasteiger charge is 2.31. The van der Waals surface area contributed by atoms with Gasteiger partial charge in [0, 0.05) is 12.6 Å². The third-order valence-corrected chi connectivity index (χ3v) is 5.16. The van der Waals surface area contributed by atoms with Gasteiger partial charge in [-0.15, -0.1) is 0 Å². The first-order valence-electron chi connectivity index (χ1n) is 7.38. The van der Waals surface area contributed by atoms with E-state index in [1.54, 1.807) is 6.07 Å². The number of nitrogens with zero attached hydrogens (tertiary/aromatic N) is 1. The molecule has 0 bridgehead atoms. The first-order chi connectivity index (χ1) is 9.49. The summed E-state index contributed by atoms with van der Waals surface area (Å²) in [6.07, 6.45) is 3.57. The first kappa shape index (κ1) is 15.7. The van der Waals surface area contributed by atoms with Gasteiger partial charge in [0.05, 0.1) is 5.02 Å². The highest BCUT2D eigenvalue weighted by atomic mass is 35.5. The van der Waals surface area contributed by atoms with Crippen LogP contribution in [-0.2, 0) is 0 Å². The molecule has 1 aromatic carbocycles. The number of nitrogens with two attached hydrogens (primary N) is 1. The molecule has 4 heteroatoms. The van der Waals surface area contributed by atoms with Crippen molar-refractivity contribution in [3.8, 4) is 0 Å². The summed E-state index contributed by atoms with van der Waals surface area (Å²) in [7, 11) is 0. The third-order valence-electron chi connectivity index (χ3n) is 4.85. The monoisotopic (exact) mass is 298 g/mol. The number of piperidine rings is 1. The van der Waals surface area contributed by atoms with Gasteiger partial charge in [0.15, 0.2) is 0 Å². The van der Waals surface area contributed by atoms with E-state index in [0.29, 0.717) is 12.0 Å². The summed E-state index contributed by atoms with van der Waals surface area (Å²) in [5.41, 5.74) is 7.30. The first-order valence-corrected chi connectivity index (χ1v) is 7.76. The number of halogens is 2. The van der Waals surface area contributed by atoms with Crippen LogP contribution >= 0.6 is 11.6 Å². The molecule has 0 aromatic heterocycles. The van der Waals surface area contributed by atoms with Gasteiger partial charge in [0.2, 0.25) is 0 Å². The minimum absolute atomic E-state index is 0.0863. The van der Waals surface area contributed by atoms with Crippen molar-refractivity contribution < 1.29 is 4.39 Å². The molecule has 0 radical (unpaired) electrons. The van der Waals surface area contributed by atoms with E-state index >= 15 is 0 Å². The summed E-state index contributed by atoms with van der Waals surface area (Å²) in [6, 6.07) is 5.11. The van der Waals surface area contributed by atoms with Crippen LogP contribution in [0.2, 0.25) is 5.02 Å². The van der Waals surface area contributed by atoms with Crippen molar-refractivity contribution in [1.29, 1.82) is 0 Å². The fraction of sp³-hybridized carbons (Fsp3) is 0.625. The van der Waals surface area contributed by atoms with Gasteiger partial charge in [0.25, 0.3) is 0 Å². The standard InChI is InChI=1S/C16H24ClFN2/c1-3-16(2)6-8-20(9-7-16)15(11-19)12-4-5-13(17)14(18)10-12/h4-5,10,15H,3,6-9,11,19H2,1-2H3. The lowest BCUT2D eigenvalue weighted by molar-refractivity contribution is 0.0828. The fourth-order valence-corrected chi connectivity index (χ4v) is 3.06. The van der Waals surface area contributed by atoms with Crippen molar-refractivity contribution >= 4 is 11.6 Å². The Kier molecular flexibility index (Phi) is 5.05. The second-order valence-electron chi connectivity index (χ2n) is 6.13. The number of likely N-dealkylation sites (tertiary alicyclic amines) is 1. The minimum Gasteiger partial charge on any atom is -0.329 e. The van der Waals surface area contributed by atoms with Crippen molar-refractivity contribution in [2.75, 3.05) is 19.6 Å². The van der Waals surface area contributed by atoms with Crippen LogP contribution in [0.3, 0.4) is 0 Å². The number of hydrogen-bond acceptors (Lipinski definition) is 2. The van der Waals surface area contributed by atoms with Crippen molar-refractivity contribution in [2.45, 2.75) is 39.2 Å². The maximum absolute atomic E-state index is 13.6. The number of rotatable bonds is 4. The zero-order valence-corrected chi connectivity index (χ0v) is 13.1. The molecular weight excluding hydrogens is 275 g/mol. The van der Waals surface area contributed by atoms with Gasteiger partial charge >= 0.3 is 0 Å². The molecule has 0 spiro atoms. The Hall–Kier alpha value is -0.640. The molecule has 1 aliphatic rings. The molecule has 1 aliphatic heterocycles. The smallest absolute Gasteiger partial charge is 0.142 e. The SMILES string of the molecule is CCC1(C)CCN(C(CN)c2ccc(Cl)c(F)c2)CC1. The molecule has 1 heterocycles. The summed E-state index contributed by atoms with van der Waals surface area (Å²) >= 11 is 5.75. The van der Waals surface area contributed by atoms with Crippen LogP contribution in [0.15, 0.2) is 18.2 Å². The minimum atomic E-state index is -0.363. The van der Waals surface area contributed by atoms with Crippen LogP contribution < -0.4 is 5.73 Å². The molecule has 1 saturated heterocycles. The fourth-order valence-electron chi connectivity index (χ4n) is 2.94. The zero-order chi connectivity index (χ0) is 14.8. The predicted octanol–water partition coefficient (Wildman–Crippen LogP) is 3.99. The molecule has 0 saturated carbocycles. The van der Waals surface area contributed by atoms with Gasteiger partial charge in [-0.2, -0.15) is 0 Å². The topological polar surface area (TPSA) is 29.3 Å². The van der Waals surface area contributed by atoms with Crippen molar-refractivity contribution in [1.82, 2.24) is 4.90 Å². The highest BCUT2D eigenvalue weighted by Crippen LogP contribution is 2.37. The highest BCUT2D eigenvalue weighted by molar-refractivity contribution is 6.30. The van der Waals surface area contributed by atoms with Crippen LogP contribution in [0.25, 0.3) is 0 Å². The number of benzene rings is 1. The maximum atomic E-state index is 13.6. The van der Waals surface area contributed by atoms with E-state index in [2.05, 4.69) is 18.7 Å². The summed E-state index contributed by atoms with van der Waals surface area (Å²) in [6.45, 7) is 7.16. The van der Waals surface area contributed by atoms with Crippen molar-refractivity contribution in [3.05, 3.63) is 34.6 Å². The van der Waals surface area contributed by atoms with E-state index in [1.165, 1.54) is 25.3 Å². The van der Waals surface area contributed by atoms with Gasteiger partial charge in [-0.1, -0.05) is 37.9 Å². The Labute approximate surface area is 126 Å². The lowest BCUT2D eigenvalue weighted by Gasteiger charge is -2.42. The third kappa shape index (κ3) is 3.33. The molecule has 2 nitrogen and oxygen atoms in total. The molecular formula is C16H24ClFN2. The summed E-state index contributed by atoms with van der Waals surface area (Å²) in [5, 5.41) is 0.168. The number of hydrogen-bond donors (Lipinski definition) is 1. The van der Waals surface area contributed by atoms with Gasteiger partial charge in [-0.25, -0.2) is 4.39 Å². The Morgan fingerprint density at radius 2 is 2.05 bits per heavy atom. The Bertz CT molecular complexity index is 456. The Morgan fingerprint density at radius 3 is 2.55 bits per heavy atom. The van der Waals surface area contributed by atoms with E-state index in [0.717, 1.165) is 18.7 Å². The molecule has 0 aliphatic carbocycles. The Morgan fingerprint density at radius 1 is 1.40 bits per heavy atom. The average Bonchev–Trinajstić information content (AvgIpc) is 2.46. The van der Waals surface area contributed by atoms with Crippen LogP contribution in [0, 0.1) is 11.2 Å².